The summed E-state index contributed by atoms with van der Waals surface area (Å²) in [6.07, 6.45) is 6.84. The van der Waals surface area contributed by atoms with Crippen LogP contribution in [0, 0.1) is 5.41 Å². The van der Waals surface area contributed by atoms with E-state index in [1.54, 1.807) is 0 Å². The van der Waals surface area contributed by atoms with Crippen LogP contribution in [-0.2, 0) is 4.79 Å². The molecule has 1 fully saturated rings. The van der Waals surface area contributed by atoms with Gasteiger partial charge in [0.1, 0.15) is 0 Å². The van der Waals surface area contributed by atoms with Crippen molar-refractivity contribution in [2.45, 2.75) is 65.3 Å². The normalized spacial score (nSPS) is 21.4. The molecule has 1 aromatic rings. The Bertz CT molecular complexity index is 482. The molecule has 21 heavy (non-hydrogen) atoms. The van der Waals surface area contributed by atoms with Crippen molar-refractivity contribution in [2.24, 2.45) is 5.41 Å². The number of carbonyl (C=O) groups excluding carboxylic acids is 1. The minimum Gasteiger partial charge on any atom is -0.382 e. The topological polar surface area (TPSA) is 41.1 Å². The summed E-state index contributed by atoms with van der Waals surface area (Å²) in [5, 5.41) is 6.55. The molecule has 1 atom stereocenters. The first kappa shape index (κ1) is 15.9. The zero-order chi connectivity index (χ0) is 15.3. The molecule has 0 heterocycles. The van der Waals surface area contributed by atoms with E-state index in [2.05, 4.69) is 30.5 Å². The molecule has 3 heteroatoms. The summed E-state index contributed by atoms with van der Waals surface area (Å²) in [5.41, 5.74) is 2.46. The number of hydrogen-bond acceptors (Lipinski definition) is 2. The van der Waals surface area contributed by atoms with Crippen LogP contribution in [0.4, 0.5) is 11.4 Å². The Morgan fingerprint density at radius 1 is 1.24 bits per heavy atom. The van der Waals surface area contributed by atoms with Crippen LogP contribution in [0.15, 0.2) is 24.3 Å². The van der Waals surface area contributed by atoms with E-state index in [1.165, 1.54) is 32.1 Å². The Morgan fingerprint density at radius 2 is 2.00 bits per heavy atom. The van der Waals surface area contributed by atoms with Crippen molar-refractivity contribution in [2.75, 3.05) is 10.6 Å². The summed E-state index contributed by atoms with van der Waals surface area (Å²) in [7, 11) is 0. The smallest absolute Gasteiger partial charge is 0.224 e. The fourth-order valence-corrected chi connectivity index (χ4v) is 2.98. The van der Waals surface area contributed by atoms with Crippen LogP contribution >= 0.6 is 0 Å². The number of nitrogens with one attached hydrogen (secondary N) is 2. The van der Waals surface area contributed by atoms with Crippen LogP contribution < -0.4 is 10.6 Å². The van der Waals surface area contributed by atoms with E-state index in [0.717, 1.165) is 11.4 Å². The van der Waals surface area contributed by atoms with Crippen molar-refractivity contribution in [3.8, 4) is 0 Å². The quantitative estimate of drug-likeness (QED) is 0.781. The number of carbonyl (C=O) groups is 1. The third kappa shape index (κ3) is 5.07. The van der Waals surface area contributed by atoms with E-state index >= 15 is 0 Å². The van der Waals surface area contributed by atoms with Crippen LogP contribution in [0.25, 0.3) is 0 Å². The first-order valence-electron chi connectivity index (χ1n) is 8.15. The van der Waals surface area contributed by atoms with Crippen molar-refractivity contribution in [1.82, 2.24) is 0 Å². The largest absolute Gasteiger partial charge is 0.382 e. The predicted octanol–water partition coefficient (Wildman–Crippen LogP) is 4.81. The number of benzene rings is 1. The Balaban J connectivity index is 1.96. The summed E-state index contributed by atoms with van der Waals surface area (Å²) in [6.45, 7) is 6.61. The zero-order valence-electron chi connectivity index (χ0n) is 13.5. The molecule has 116 valence electrons. The summed E-state index contributed by atoms with van der Waals surface area (Å²) < 4.78 is 0. The van der Waals surface area contributed by atoms with Gasteiger partial charge in [0.2, 0.25) is 5.91 Å². The van der Waals surface area contributed by atoms with Crippen LogP contribution in [0.5, 0.6) is 0 Å². The highest BCUT2D eigenvalue weighted by molar-refractivity contribution is 5.90. The van der Waals surface area contributed by atoms with Crippen molar-refractivity contribution >= 4 is 17.3 Å². The maximum atomic E-state index is 11.5. The fourth-order valence-electron chi connectivity index (χ4n) is 2.98. The van der Waals surface area contributed by atoms with Crippen molar-refractivity contribution in [1.29, 1.82) is 0 Å². The standard InChI is InChI=1S/C18H28N2O/c1-4-17(21)20-16-8-5-7-15(13-16)19-14-9-6-11-18(2,3)12-10-14/h5,7-8,13-14,19H,4,6,9-12H2,1-3H3,(H,20,21). The Morgan fingerprint density at radius 3 is 2.76 bits per heavy atom. The lowest BCUT2D eigenvalue weighted by atomic mass is 9.85. The molecular formula is C18H28N2O. The molecule has 0 bridgehead atoms. The van der Waals surface area contributed by atoms with Gasteiger partial charge in [-0.15, -0.1) is 0 Å². The van der Waals surface area contributed by atoms with Gasteiger partial charge in [-0.3, -0.25) is 4.79 Å². The molecule has 1 aliphatic rings. The van der Waals surface area contributed by atoms with E-state index in [1.807, 2.05) is 25.1 Å². The summed E-state index contributed by atoms with van der Waals surface area (Å²) in [6, 6.07) is 8.59. The highest BCUT2D eigenvalue weighted by atomic mass is 16.1. The summed E-state index contributed by atoms with van der Waals surface area (Å²) >= 11 is 0. The second kappa shape index (κ2) is 6.97. The minimum atomic E-state index is 0.0587. The molecular weight excluding hydrogens is 260 g/mol. The van der Waals surface area contributed by atoms with E-state index < -0.39 is 0 Å². The summed E-state index contributed by atoms with van der Waals surface area (Å²) in [5.74, 6) is 0.0587. The highest BCUT2D eigenvalue weighted by Gasteiger charge is 2.24. The molecule has 3 nitrogen and oxygen atoms in total. The lowest BCUT2D eigenvalue weighted by Gasteiger charge is -2.22. The minimum absolute atomic E-state index is 0.0587. The SMILES string of the molecule is CCC(=O)Nc1cccc(NC2CCCC(C)(C)CC2)c1. The Labute approximate surface area is 128 Å². The molecule has 2 N–H and O–H groups in total. The van der Waals surface area contributed by atoms with Crippen molar-refractivity contribution < 1.29 is 4.79 Å². The maximum Gasteiger partial charge on any atom is 0.224 e. The average Bonchev–Trinajstić information content (AvgIpc) is 2.60. The number of hydrogen-bond donors (Lipinski definition) is 2. The molecule has 1 aromatic carbocycles. The van der Waals surface area contributed by atoms with E-state index in [4.69, 9.17) is 0 Å². The lowest BCUT2D eigenvalue weighted by Crippen LogP contribution is -2.19. The third-order valence-corrected chi connectivity index (χ3v) is 4.41. The molecule has 0 aromatic heterocycles. The molecule has 0 radical (unpaired) electrons. The molecule has 2 rings (SSSR count). The van der Waals surface area contributed by atoms with E-state index in [-0.39, 0.29) is 5.91 Å². The second-order valence-corrected chi connectivity index (χ2v) is 6.92. The zero-order valence-corrected chi connectivity index (χ0v) is 13.5. The molecule has 1 unspecified atom stereocenters. The molecule has 1 aliphatic carbocycles. The van der Waals surface area contributed by atoms with Crippen molar-refractivity contribution in [3.05, 3.63) is 24.3 Å². The van der Waals surface area contributed by atoms with Crippen LogP contribution in [0.3, 0.4) is 0 Å². The Hall–Kier alpha value is -1.51. The monoisotopic (exact) mass is 288 g/mol. The first-order chi connectivity index (χ1) is 9.98. The van der Waals surface area contributed by atoms with E-state index in [9.17, 15) is 4.79 Å². The lowest BCUT2D eigenvalue weighted by molar-refractivity contribution is -0.115. The van der Waals surface area contributed by atoms with Crippen LogP contribution in [0.1, 0.15) is 59.3 Å². The Kier molecular flexibility index (Phi) is 5.27. The van der Waals surface area contributed by atoms with Gasteiger partial charge in [0.05, 0.1) is 0 Å². The molecule has 0 aliphatic heterocycles. The van der Waals surface area contributed by atoms with Crippen molar-refractivity contribution in [3.63, 3.8) is 0 Å². The van der Waals surface area contributed by atoms with Crippen LogP contribution in [0.2, 0.25) is 0 Å². The van der Waals surface area contributed by atoms with Gasteiger partial charge in [-0.05, 0) is 49.3 Å². The second-order valence-electron chi connectivity index (χ2n) is 6.92. The molecule has 1 amide bonds. The highest BCUT2D eigenvalue weighted by Crippen LogP contribution is 2.34. The maximum absolute atomic E-state index is 11.5. The number of anilines is 2. The van der Waals surface area contributed by atoms with E-state index in [0.29, 0.717) is 17.9 Å². The third-order valence-electron chi connectivity index (χ3n) is 4.41. The first-order valence-corrected chi connectivity index (χ1v) is 8.15. The van der Waals surface area contributed by atoms with Gasteiger partial charge in [0.25, 0.3) is 0 Å². The van der Waals surface area contributed by atoms with Gasteiger partial charge in [-0.25, -0.2) is 0 Å². The fraction of sp³-hybridized carbons (Fsp3) is 0.611. The van der Waals surface area contributed by atoms with Gasteiger partial charge in [0.15, 0.2) is 0 Å². The van der Waals surface area contributed by atoms with Crippen LogP contribution in [-0.4, -0.2) is 11.9 Å². The molecule has 0 spiro atoms. The average molecular weight is 288 g/mol. The predicted molar refractivity (Wildman–Crippen MR) is 89.6 cm³/mol. The van der Waals surface area contributed by atoms with Gasteiger partial charge >= 0.3 is 0 Å². The van der Waals surface area contributed by atoms with Gasteiger partial charge in [0, 0.05) is 23.8 Å². The number of rotatable bonds is 4. The van der Waals surface area contributed by atoms with Gasteiger partial charge in [-0.2, -0.15) is 0 Å². The van der Waals surface area contributed by atoms with Gasteiger partial charge in [-0.1, -0.05) is 33.3 Å². The molecule has 1 saturated carbocycles. The van der Waals surface area contributed by atoms with Gasteiger partial charge < -0.3 is 10.6 Å². The number of amides is 1. The summed E-state index contributed by atoms with van der Waals surface area (Å²) in [4.78, 5) is 11.5. The molecule has 0 saturated heterocycles.